The third-order valence-corrected chi connectivity index (χ3v) is 3.68. The fourth-order valence-corrected chi connectivity index (χ4v) is 2.35. The lowest BCUT2D eigenvalue weighted by molar-refractivity contribution is 0.223. The molecular formula is C16H27FIN3OS. The molecule has 0 spiro atoms. The first kappa shape index (κ1) is 22.3. The van der Waals surface area contributed by atoms with Gasteiger partial charge in [0, 0.05) is 19.7 Å². The molecule has 0 amide bonds. The van der Waals surface area contributed by atoms with Crippen LogP contribution in [0.4, 0.5) is 4.39 Å². The fraction of sp³-hybridized carbons (Fsp3) is 0.562. The Morgan fingerprint density at radius 1 is 1.35 bits per heavy atom. The lowest BCUT2D eigenvalue weighted by atomic mass is 10.3. The lowest BCUT2D eigenvalue weighted by Gasteiger charge is -2.17. The van der Waals surface area contributed by atoms with Crippen LogP contribution in [0, 0.1) is 5.82 Å². The van der Waals surface area contributed by atoms with Gasteiger partial charge in [-0.25, -0.2) is 4.39 Å². The number of rotatable bonds is 9. The highest BCUT2D eigenvalue weighted by molar-refractivity contribution is 14.0. The van der Waals surface area contributed by atoms with Gasteiger partial charge in [0.15, 0.2) is 5.96 Å². The minimum Gasteiger partial charge on any atom is -0.489 e. The molecule has 0 aliphatic heterocycles. The Hall–Kier alpha value is -0.700. The van der Waals surface area contributed by atoms with Crippen molar-refractivity contribution in [1.82, 2.24) is 10.6 Å². The second-order valence-electron chi connectivity index (χ2n) is 4.97. The van der Waals surface area contributed by atoms with E-state index >= 15 is 0 Å². The van der Waals surface area contributed by atoms with E-state index in [-0.39, 0.29) is 35.9 Å². The van der Waals surface area contributed by atoms with Gasteiger partial charge in [-0.2, -0.15) is 11.8 Å². The molecular weight excluding hydrogens is 428 g/mol. The summed E-state index contributed by atoms with van der Waals surface area (Å²) in [6, 6.07) is 6.17. The van der Waals surface area contributed by atoms with Crippen LogP contribution in [0.3, 0.4) is 0 Å². The van der Waals surface area contributed by atoms with E-state index in [4.69, 9.17) is 4.74 Å². The highest BCUT2D eigenvalue weighted by Gasteiger charge is 2.06. The van der Waals surface area contributed by atoms with E-state index in [1.54, 1.807) is 19.2 Å². The number of nitrogens with zero attached hydrogens (tertiary/aromatic N) is 1. The first-order chi connectivity index (χ1) is 10.7. The molecule has 1 unspecified atom stereocenters. The summed E-state index contributed by atoms with van der Waals surface area (Å²) in [5, 5.41) is 6.48. The molecule has 0 aliphatic rings. The summed E-state index contributed by atoms with van der Waals surface area (Å²) in [7, 11) is 1.75. The summed E-state index contributed by atoms with van der Waals surface area (Å²) in [6.07, 6.45) is 4.35. The highest BCUT2D eigenvalue weighted by Crippen LogP contribution is 2.13. The molecule has 0 aliphatic carbocycles. The molecule has 0 radical (unpaired) electrons. The average molecular weight is 455 g/mol. The largest absolute Gasteiger partial charge is 0.489 e. The molecule has 132 valence electrons. The number of hydrogen-bond acceptors (Lipinski definition) is 3. The quantitative estimate of drug-likeness (QED) is 0.259. The molecule has 1 aromatic rings. The number of thioether (sulfide) groups is 1. The van der Waals surface area contributed by atoms with Crippen molar-refractivity contribution < 1.29 is 9.13 Å². The van der Waals surface area contributed by atoms with E-state index in [2.05, 4.69) is 21.9 Å². The molecule has 0 aromatic heterocycles. The van der Waals surface area contributed by atoms with Gasteiger partial charge in [0.2, 0.25) is 0 Å². The zero-order valence-corrected chi connectivity index (χ0v) is 17.1. The molecule has 7 heteroatoms. The zero-order valence-electron chi connectivity index (χ0n) is 14.0. The van der Waals surface area contributed by atoms with Gasteiger partial charge in [-0.05, 0) is 43.9 Å². The van der Waals surface area contributed by atoms with Gasteiger partial charge in [0.05, 0.1) is 6.54 Å². The number of ether oxygens (including phenoxy) is 1. The molecule has 1 atom stereocenters. The highest BCUT2D eigenvalue weighted by atomic mass is 127. The first-order valence-corrected chi connectivity index (χ1v) is 8.90. The van der Waals surface area contributed by atoms with Gasteiger partial charge in [-0.15, -0.1) is 24.0 Å². The molecule has 0 heterocycles. The Labute approximate surface area is 160 Å². The number of halogens is 2. The summed E-state index contributed by atoms with van der Waals surface area (Å²) >= 11 is 1.87. The fourth-order valence-electron chi connectivity index (χ4n) is 1.85. The minimum absolute atomic E-state index is 0. The average Bonchev–Trinajstić information content (AvgIpc) is 2.50. The van der Waals surface area contributed by atoms with Crippen LogP contribution in [0.5, 0.6) is 5.75 Å². The third-order valence-electron chi connectivity index (χ3n) is 2.98. The number of guanidine groups is 1. The zero-order chi connectivity index (χ0) is 16.2. The lowest BCUT2D eigenvalue weighted by Crippen LogP contribution is -2.42. The van der Waals surface area contributed by atoms with E-state index < -0.39 is 0 Å². The Balaban J connectivity index is 0.00000484. The van der Waals surface area contributed by atoms with Crippen molar-refractivity contribution in [3.05, 3.63) is 30.1 Å². The minimum atomic E-state index is -0.291. The van der Waals surface area contributed by atoms with Crippen LogP contribution >= 0.6 is 35.7 Å². The maximum absolute atomic E-state index is 13.1. The molecule has 0 saturated heterocycles. The summed E-state index contributed by atoms with van der Waals surface area (Å²) in [5.41, 5.74) is 0. The predicted octanol–water partition coefficient (Wildman–Crippen LogP) is 3.52. The molecule has 4 nitrogen and oxygen atoms in total. The van der Waals surface area contributed by atoms with Gasteiger partial charge in [0.25, 0.3) is 0 Å². The molecule has 0 saturated carbocycles. The van der Waals surface area contributed by atoms with Gasteiger partial charge in [0.1, 0.15) is 17.7 Å². The molecule has 2 N–H and O–H groups in total. The number of aliphatic imine (C=N–C) groups is 1. The predicted molar refractivity (Wildman–Crippen MR) is 109 cm³/mol. The van der Waals surface area contributed by atoms with E-state index in [9.17, 15) is 4.39 Å². The maximum Gasteiger partial charge on any atom is 0.191 e. The Bertz CT molecular complexity index is 463. The van der Waals surface area contributed by atoms with E-state index in [0.29, 0.717) is 12.3 Å². The van der Waals surface area contributed by atoms with Gasteiger partial charge in [-0.1, -0.05) is 6.07 Å². The second kappa shape index (κ2) is 13.7. The SMILES string of the molecule is CN=C(NCCCCSC)NCC(C)Oc1cccc(F)c1.I. The summed E-state index contributed by atoms with van der Waals surface area (Å²) in [6.45, 7) is 3.43. The Morgan fingerprint density at radius 3 is 2.78 bits per heavy atom. The van der Waals surface area contributed by atoms with Crippen LogP contribution in [0.15, 0.2) is 29.3 Å². The molecule has 0 bridgehead atoms. The molecule has 23 heavy (non-hydrogen) atoms. The first-order valence-electron chi connectivity index (χ1n) is 7.51. The molecule has 1 aromatic carbocycles. The smallest absolute Gasteiger partial charge is 0.191 e. The van der Waals surface area contributed by atoms with Crippen LogP contribution in [0.1, 0.15) is 19.8 Å². The summed E-state index contributed by atoms with van der Waals surface area (Å²) in [5.74, 6) is 2.19. The summed E-state index contributed by atoms with van der Waals surface area (Å²) in [4.78, 5) is 4.17. The number of nitrogens with one attached hydrogen (secondary N) is 2. The van der Waals surface area contributed by atoms with Crippen LogP contribution in [0.25, 0.3) is 0 Å². The van der Waals surface area contributed by atoms with Crippen molar-refractivity contribution >= 4 is 41.7 Å². The molecule has 0 fully saturated rings. The Morgan fingerprint density at radius 2 is 2.13 bits per heavy atom. The van der Waals surface area contributed by atoms with Crippen LogP contribution in [-0.2, 0) is 0 Å². The van der Waals surface area contributed by atoms with Gasteiger partial charge in [-0.3, -0.25) is 4.99 Å². The van der Waals surface area contributed by atoms with Crippen molar-refractivity contribution in [2.75, 3.05) is 32.1 Å². The van der Waals surface area contributed by atoms with E-state index in [1.807, 2.05) is 18.7 Å². The maximum atomic E-state index is 13.1. The monoisotopic (exact) mass is 455 g/mol. The van der Waals surface area contributed by atoms with Crippen LogP contribution in [-0.4, -0.2) is 44.2 Å². The van der Waals surface area contributed by atoms with Crippen LogP contribution in [0.2, 0.25) is 0 Å². The Kier molecular flexibility index (Phi) is 13.3. The number of benzene rings is 1. The summed E-state index contributed by atoms with van der Waals surface area (Å²) < 4.78 is 18.7. The molecule has 1 rings (SSSR count). The standard InChI is InChI=1S/C16H26FN3OS.HI/c1-13(21-15-8-6-7-14(17)11-15)12-20-16(18-2)19-9-4-5-10-22-3;/h6-8,11,13H,4-5,9-10,12H2,1-3H3,(H2,18,19,20);1H. The van der Waals surface area contributed by atoms with Gasteiger partial charge < -0.3 is 15.4 Å². The van der Waals surface area contributed by atoms with Crippen LogP contribution < -0.4 is 15.4 Å². The number of unbranched alkanes of at least 4 members (excludes halogenated alkanes) is 1. The van der Waals surface area contributed by atoms with Crippen molar-refractivity contribution in [1.29, 1.82) is 0 Å². The van der Waals surface area contributed by atoms with Crippen molar-refractivity contribution in [2.45, 2.75) is 25.9 Å². The second-order valence-corrected chi connectivity index (χ2v) is 5.95. The topological polar surface area (TPSA) is 45.7 Å². The van der Waals surface area contributed by atoms with Crippen molar-refractivity contribution in [3.63, 3.8) is 0 Å². The number of hydrogen-bond donors (Lipinski definition) is 2. The third kappa shape index (κ3) is 10.6. The van der Waals surface area contributed by atoms with E-state index in [1.165, 1.54) is 24.3 Å². The normalized spacial score (nSPS) is 12.3. The van der Waals surface area contributed by atoms with Gasteiger partial charge >= 0.3 is 0 Å². The van der Waals surface area contributed by atoms with Crippen molar-refractivity contribution in [2.24, 2.45) is 4.99 Å². The van der Waals surface area contributed by atoms with E-state index in [0.717, 1.165) is 18.9 Å². The van der Waals surface area contributed by atoms with Crippen molar-refractivity contribution in [3.8, 4) is 5.75 Å².